The van der Waals surface area contributed by atoms with Gasteiger partial charge in [0.25, 0.3) is 0 Å². The normalized spacial score (nSPS) is 14.0. The zero-order valence-corrected chi connectivity index (χ0v) is 16.2. The first-order valence-electron chi connectivity index (χ1n) is 8.70. The topological polar surface area (TPSA) is 99.1 Å². The van der Waals surface area contributed by atoms with E-state index >= 15 is 0 Å². The summed E-state index contributed by atoms with van der Waals surface area (Å²) in [7, 11) is 0. The molecule has 0 amide bonds. The molecule has 7 heteroatoms. The third-order valence-corrected chi connectivity index (χ3v) is 3.18. The third kappa shape index (κ3) is 10.8. The molecule has 0 unspecified atom stereocenters. The second-order valence-electron chi connectivity index (χ2n) is 7.41. The van der Waals surface area contributed by atoms with Gasteiger partial charge in [-0.3, -0.25) is 4.79 Å². The molecule has 0 bridgehead atoms. The van der Waals surface area contributed by atoms with Crippen molar-refractivity contribution in [2.75, 3.05) is 13.2 Å². The van der Waals surface area contributed by atoms with Crippen LogP contribution in [0.1, 0.15) is 60.8 Å². The van der Waals surface area contributed by atoms with E-state index in [2.05, 4.69) is 0 Å². The van der Waals surface area contributed by atoms with Gasteiger partial charge in [0.1, 0.15) is 12.2 Å². The minimum absolute atomic E-state index is 0.0390. The summed E-state index contributed by atoms with van der Waals surface area (Å²) in [5, 5.41) is 9.46. The smallest absolute Gasteiger partial charge is 0.336 e. The molecule has 0 saturated heterocycles. The predicted molar refractivity (Wildman–Crippen MR) is 92.0 cm³/mol. The monoisotopic (exact) mass is 360 g/mol. The lowest BCUT2D eigenvalue weighted by Crippen LogP contribution is -2.41. The summed E-state index contributed by atoms with van der Waals surface area (Å²) in [6.07, 6.45) is 0.401. The molecule has 0 aromatic carbocycles. The Balaban J connectivity index is 5.06. The third-order valence-electron chi connectivity index (χ3n) is 3.18. The van der Waals surface area contributed by atoms with E-state index in [1.165, 1.54) is 0 Å². The van der Waals surface area contributed by atoms with Crippen LogP contribution in [0.2, 0.25) is 0 Å². The Hall–Kier alpha value is -1.63. The SMILES string of the molecule is CCCCOC(=O)[C@@H](OCC(=O)OC(C)(C)C)[C@@H](CC(C)C)C(=O)O. The van der Waals surface area contributed by atoms with E-state index in [-0.39, 0.29) is 18.9 Å². The highest BCUT2D eigenvalue weighted by Crippen LogP contribution is 2.20. The van der Waals surface area contributed by atoms with Crippen LogP contribution in [-0.2, 0) is 28.6 Å². The minimum atomic E-state index is -1.34. The van der Waals surface area contributed by atoms with Gasteiger partial charge in [-0.05, 0) is 39.5 Å². The van der Waals surface area contributed by atoms with Crippen molar-refractivity contribution < 1.29 is 33.7 Å². The van der Waals surface area contributed by atoms with Crippen molar-refractivity contribution in [2.45, 2.75) is 72.5 Å². The molecule has 0 saturated carbocycles. The molecule has 7 nitrogen and oxygen atoms in total. The summed E-state index contributed by atoms with van der Waals surface area (Å²) in [4.78, 5) is 35.7. The Morgan fingerprint density at radius 3 is 2.16 bits per heavy atom. The molecule has 146 valence electrons. The summed E-state index contributed by atoms with van der Waals surface area (Å²) in [6.45, 7) is 10.5. The molecule has 0 fully saturated rings. The lowest BCUT2D eigenvalue weighted by atomic mass is 9.92. The van der Waals surface area contributed by atoms with E-state index in [0.717, 1.165) is 6.42 Å². The van der Waals surface area contributed by atoms with Gasteiger partial charge >= 0.3 is 17.9 Å². The number of ether oxygens (including phenoxy) is 3. The number of carboxylic acid groups (broad SMARTS) is 1. The number of hydrogen-bond donors (Lipinski definition) is 1. The van der Waals surface area contributed by atoms with Crippen LogP contribution in [0.4, 0.5) is 0 Å². The summed E-state index contributed by atoms with van der Waals surface area (Å²) in [5.41, 5.74) is -0.693. The largest absolute Gasteiger partial charge is 0.481 e. The summed E-state index contributed by atoms with van der Waals surface area (Å²) in [6, 6.07) is 0. The molecular formula is C18H32O7. The van der Waals surface area contributed by atoms with Gasteiger partial charge in [-0.25, -0.2) is 9.59 Å². The first-order chi connectivity index (χ1) is 11.5. The molecule has 0 heterocycles. The van der Waals surface area contributed by atoms with Gasteiger partial charge in [-0.15, -0.1) is 0 Å². The number of esters is 2. The second kappa shape index (κ2) is 11.1. The quantitative estimate of drug-likeness (QED) is 0.447. The van der Waals surface area contributed by atoms with Crippen molar-refractivity contribution in [3.8, 4) is 0 Å². The van der Waals surface area contributed by atoms with Gasteiger partial charge < -0.3 is 19.3 Å². The van der Waals surface area contributed by atoms with E-state index < -0.39 is 42.1 Å². The molecule has 1 N–H and O–H groups in total. The molecule has 0 radical (unpaired) electrons. The number of unbranched alkanes of at least 4 members (excludes halogenated alkanes) is 1. The average Bonchev–Trinajstić information content (AvgIpc) is 2.44. The van der Waals surface area contributed by atoms with Gasteiger partial charge in [0, 0.05) is 0 Å². The first kappa shape index (κ1) is 23.4. The average molecular weight is 360 g/mol. The van der Waals surface area contributed by atoms with Crippen LogP contribution in [-0.4, -0.2) is 47.9 Å². The van der Waals surface area contributed by atoms with Crippen LogP contribution in [0.3, 0.4) is 0 Å². The molecule has 0 rings (SSSR count). The van der Waals surface area contributed by atoms with E-state index in [1.807, 2.05) is 20.8 Å². The zero-order chi connectivity index (χ0) is 19.6. The Morgan fingerprint density at radius 2 is 1.72 bits per heavy atom. The number of carbonyl (C=O) groups excluding carboxylic acids is 2. The molecule has 0 aliphatic heterocycles. The van der Waals surface area contributed by atoms with Crippen LogP contribution in [0, 0.1) is 11.8 Å². The summed E-state index contributed by atoms with van der Waals surface area (Å²) >= 11 is 0. The number of carbonyl (C=O) groups is 3. The van der Waals surface area contributed by atoms with Crippen LogP contribution in [0.5, 0.6) is 0 Å². The van der Waals surface area contributed by atoms with Crippen LogP contribution in [0.15, 0.2) is 0 Å². The zero-order valence-electron chi connectivity index (χ0n) is 16.2. The number of aliphatic carboxylic acids is 1. The molecule has 0 aromatic rings. The summed E-state index contributed by atoms with van der Waals surface area (Å²) in [5.74, 6) is -3.62. The van der Waals surface area contributed by atoms with Crippen molar-refractivity contribution >= 4 is 17.9 Å². The molecule has 0 aliphatic carbocycles. The minimum Gasteiger partial charge on any atom is -0.481 e. The van der Waals surface area contributed by atoms with E-state index in [0.29, 0.717) is 6.42 Å². The Bertz CT molecular complexity index is 437. The maximum absolute atomic E-state index is 12.3. The molecule has 0 spiro atoms. The maximum atomic E-state index is 12.3. The number of carboxylic acids is 1. The van der Waals surface area contributed by atoms with Gasteiger partial charge in [0.05, 0.1) is 12.5 Å². The van der Waals surface area contributed by atoms with Crippen LogP contribution >= 0.6 is 0 Å². The fourth-order valence-corrected chi connectivity index (χ4v) is 2.14. The maximum Gasteiger partial charge on any atom is 0.336 e. The fraction of sp³-hybridized carbons (Fsp3) is 0.833. The molecular weight excluding hydrogens is 328 g/mol. The van der Waals surface area contributed by atoms with Crippen molar-refractivity contribution in [2.24, 2.45) is 11.8 Å². The molecule has 0 aliphatic rings. The molecule has 25 heavy (non-hydrogen) atoms. The fourth-order valence-electron chi connectivity index (χ4n) is 2.14. The van der Waals surface area contributed by atoms with E-state index in [9.17, 15) is 19.5 Å². The standard InChI is InChI=1S/C18H32O7/c1-7-8-9-23-17(22)15(13(16(20)21)10-12(2)3)24-11-14(19)25-18(4,5)6/h12-13,15H,7-11H2,1-6H3,(H,20,21)/t13-,15+/m1/s1. The Morgan fingerprint density at radius 1 is 1.12 bits per heavy atom. The van der Waals surface area contributed by atoms with Crippen LogP contribution in [0.25, 0.3) is 0 Å². The highest BCUT2D eigenvalue weighted by Gasteiger charge is 2.37. The van der Waals surface area contributed by atoms with Crippen molar-refractivity contribution in [3.63, 3.8) is 0 Å². The van der Waals surface area contributed by atoms with E-state index in [4.69, 9.17) is 14.2 Å². The van der Waals surface area contributed by atoms with E-state index in [1.54, 1.807) is 20.8 Å². The number of hydrogen-bond acceptors (Lipinski definition) is 6. The lowest BCUT2D eigenvalue weighted by molar-refractivity contribution is -0.177. The van der Waals surface area contributed by atoms with Gasteiger partial charge in [-0.2, -0.15) is 0 Å². The van der Waals surface area contributed by atoms with Crippen molar-refractivity contribution in [1.29, 1.82) is 0 Å². The van der Waals surface area contributed by atoms with Crippen molar-refractivity contribution in [1.82, 2.24) is 0 Å². The summed E-state index contributed by atoms with van der Waals surface area (Å²) < 4.78 is 15.6. The Kier molecular flexibility index (Phi) is 10.4. The highest BCUT2D eigenvalue weighted by atomic mass is 16.6. The van der Waals surface area contributed by atoms with Crippen LogP contribution < -0.4 is 0 Å². The predicted octanol–water partition coefficient (Wildman–Crippen LogP) is 2.80. The van der Waals surface area contributed by atoms with Gasteiger partial charge in [-0.1, -0.05) is 27.2 Å². The van der Waals surface area contributed by atoms with Crippen molar-refractivity contribution in [3.05, 3.63) is 0 Å². The molecule has 2 atom stereocenters. The molecule has 0 aromatic heterocycles. The Labute approximate surface area is 150 Å². The highest BCUT2D eigenvalue weighted by molar-refractivity contribution is 5.83. The second-order valence-corrected chi connectivity index (χ2v) is 7.41. The van der Waals surface area contributed by atoms with Gasteiger partial charge in [0.15, 0.2) is 6.10 Å². The first-order valence-corrected chi connectivity index (χ1v) is 8.70. The van der Waals surface area contributed by atoms with Gasteiger partial charge in [0.2, 0.25) is 0 Å². The lowest BCUT2D eigenvalue weighted by Gasteiger charge is -2.25. The number of rotatable bonds is 11.